The largest absolute Gasteiger partial charge is 0.321 e. The Kier molecular flexibility index (Phi) is 4.29. The van der Waals surface area contributed by atoms with Crippen molar-refractivity contribution in [3.8, 4) is 0 Å². The molecule has 0 saturated carbocycles. The average molecular weight is 275 g/mol. The van der Waals surface area contributed by atoms with Gasteiger partial charge in [0.05, 0.1) is 5.01 Å². The van der Waals surface area contributed by atoms with Crippen LogP contribution in [0.5, 0.6) is 0 Å². The lowest BCUT2D eigenvalue weighted by Crippen LogP contribution is -2.13. The number of anilines is 1. The van der Waals surface area contributed by atoms with Crippen LogP contribution in [0.2, 0.25) is 0 Å². The molecule has 1 amide bonds. The van der Waals surface area contributed by atoms with Crippen LogP contribution in [0.25, 0.3) is 0 Å². The van der Waals surface area contributed by atoms with Crippen LogP contribution in [-0.2, 0) is 6.54 Å². The average Bonchev–Trinajstić information content (AvgIpc) is 2.78. The first-order chi connectivity index (χ1) is 9.04. The molecule has 0 bridgehead atoms. The zero-order chi connectivity index (χ0) is 13.8. The van der Waals surface area contributed by atoms with E-state index in [9.17, 15) is 4.79 Å². The summed E-state index contributed by atoms with van der Waals surface area (Å²) in [7, 11) is 4.06. The summed E-state index contributed by atoms with van der Waals surface area (Å²) in [5.41, 5.74) is 2.48. The number of carbonyl (C=O) groups excluding carboxylic acids is 1. The molecule has 1 aromatic carbocycles. The van der Waals surface area contributed by atoms with Gasteiger partial charge in [0.2, 0.25) is 0 Å². The Labute approximate surface area is 117 Å². The first-order valence-corrected chi connectivity index (χ1v) is 6.90. The van der Waals surface area contributed by atoms with E-state index in [4.69, 9.17) is 0 Å². The van der Waals surface area contributed by atoms with Crippen LogP contribution >= 0.6 is 11.3 Å². The van der Waals surface area contributed by atoms with E-state index in [1.807, 2.05) is 45.3 Å². The first kappa shape index (κ1) is 13.7. The third-order valence-corrected chi connectivity index (χ3v) is 3.34. The standard InChI is InChI=1S/C14H17N3OS/c1-10-15-13(9-19-10)14(18)16-12-6-4-11(5-7-12)8-17(2)3/h4-7,9H,8H2,1-3H3,(H,16,18). The van der Waals surface area contributed by atoms with E-state index in [1.54, 1.807) is 5.38 Å². The Morgan fingerprint density at radius 1 is 1.32 bits per heavy atom. The number of benzene rings is 1. The van der Waals surface area contributed by atoms with Gasteiger partial charge in [-0.15, -0.1) is 11.3 Å². The van der Waals surface area contributed by atoms with E-state index in [2.05, 4.69) is 15.2 Å². The highest BCUT2D eigenvalue weighted by atomic mass is 32.1. The number of nitrogens with one attached hydrogen (secondary N) is 1. The molecule has 100 valence electrons. The molecule has 0 aliphatic rings. The van der Waals surface area contributed by atoms with Gasteiger partial charge in [-0.3, -0.25) is 4.79 Å². The molecule has 1 aromatic heterocycles. The van der Waals surface area contributed by atoms with Crippen molar-refractivity contribution in [2.45, 2.75) is 13.5 Å². The monoisotopic (exact) mass is 275 g/mol. The van der Waals surface area contributed by atoms with Gasteiger partial charge in [-0.25, -0.2) is 4.98 Å². The molecule has 1 heterocycles. The highest BCUT2D eigenvalue weighted by molar-refractivity contribution is 7.09. The quantitative estimate of drug-likeness (QED) is 0.933. The van der Waals surface area contributed by atoms with E-state index >= 15 is 0 Å². The van der Waals surface area contributed by atoms with Crippen molar-refractivity contribution in [1.29, 1.82) is 0 Å². The molecule has 0 fully saturated rings. The second kappa shape index (κ2) is 5.95. The summed E-state index contributed by atoms with van der Waals surface area (Å²) in [6.45, 7) is 2.77. The van der Waals surface area contributed by atoms with Crippen molar-refractivity contribution < 1.29 is 4.79 Å². The molecule has 0 atom stereocenters. The molecule has 5 heteroatoms. The van der Waals surface area contributed by atoms with Gasteiger partial charge >= 0.3 is 0 Å². The van der Waals surface area contributed by atoms with Gasteiger partial charge in [-0.2, -0.15) is 0 Å². The van der Waals surface area contributed by atoms with Crippen molar-refractivity contribution in [3.05, 3.63) is 45.9 Å². The number of aromatic nitrogens is 1. The van der Waals surface area contributed by atoms with Crippen LogP contribution in [-0.4, -0.2) is 29.9 Å². The van der Waals surface area contributed by atoms with Crippen molar-refractivity contribution in [2.75, 3.05) is 19.4 Å². The summed E-state index contributed by atoms with van der Waals surface area (Å²) < 4.78 is 0. The maximum Gasteiger partial charge on any atom is 0.275 e. The fourth-order valence-electron chi connectivity index (χ4n) is 1.72. The molecule has 19 heavy (non-hydrogen) atoms. The normalized spacial score (nSPS) is 10.7. The molecular weight excluding hydrogens is 258 g/mol. The second-order valence-corrected chi connectivity index (χ2v) is 5.70. The summed E-state index contributed by atoms with van der Waals surface area (Å²) in [6, 6.07) is 7.86. The van der Waals surface area contributed by atoms with Gasteiger partial charge in [0.25, 0.3) is 5.91 Å². The Morgan fingerprint density at radius 3 is 2.53 bits per heavy atom. The lowest BCUT2D eigenvalue weighted by Gasteiger charge is -2.10. The number of rotatable bonds is 4. The summed E-state index contributed by atoms with van der Waals surface area (Å²) >= 11 is 1.48. The van der Waals surface area contributed by atoms with E-state index < -0.39 is 0 Å². The van der Waals surface area contributed by atoms with Crippen LogP contribution in [0.4, 0.5) is 5.69 Å². The Bertz CT molecular complexity index is 560. The smallest absolute Gasteiger partial charge is 0.275 e. The summed E-state index contributed by atoms with van der Waals surface area (Å²) in [5, 5.41) is 5.51. The van der Waals surface area contributed by atoms with Crippen molar-refractivity contribution >= 4 is 22.9 Å². The Morgan fingerprint density at radius 2 is 2.00 bits per heavy atom. The van der Waals surface area contributed by atoms with Crippen molar-refractivity contribution in [3.63, 3.8) is 0 Å². The third-order valence-electron chi connectivity index (χ3n) is 2.56. The van der Waals surface area contributed by atoms with Gasteiger partial charge in [-0.1, -0.05) is 12.1 Å². The number of thiazole rings is 1. The maximum absolute atomic E-state index is 11.9. The topological polar surface area (TPSA) is 45.2 Å². The highest BCUT2D eigenvalue weighted by Crippen LogP contribution is 2.13. The molecular formula is C14H17N3OS. The summed E-state index contributed by atoms with van der Waals surface area (Å²) in [5.74, 6) is -0.162. The molecule has 0 aliphatic heterocycles. The van der Waals surface area contributed by atoms with Crippen LogP contribution in [0.15, 0.2) is 29.6 Å². The summed E-state index contributed by atoms with van der Waals surface area (Å²) in [4.78, 5) is 18.2. The van der Waals surface area contributed by atoms with Gasteiger partial charge in [0, 0.05) is 17.6 Å². The van der Waals surface area contributed by atoms with E-state index in [1.165, 1.54) is 16.9 Å². The van der Waals surface area contributed by atoms with Gasteiger partial charge in [0.1, 0.15) is 5.69 Å². The van der Waals surface area contributed by atoms with Gasteiger partial charge in [-0.05, 0) is 38.7 Å². The number of hydrogen-bond acceptors (Lipinski definition) is 4. The van der Waals surface area contributed by atoms with E-state index in [0.717, 1.165) is 17.2 Å². The minimum absolute atomic E-state index is 0.162. The van der Waals surface area contributed by atoms with Crippen molar-refractivity contribution in [1.82, 2.24) is 9.88 Å². The third kappa shape index (κ3) is 3.87. The van der Waals surface area contributed by atoms with Crippen LogP contribution in [0, 0.1) is 6.92 Å². The highest BCUT2D eigenvalue weighted by Gasteiger charge is 2.09. The van der Waals surface area contributed by atoms with Crippen LogP contribution < -0.4 is 5.32 Å². The zero-order valence-electron chi connectivity index (χ0n) is 11.3. The lowest BCUT2D eigenvalue weighted by atomic mass is 10.2. The number of amides is 1. The molecule has 0 radical (unpaired) electrons. The number of aryl methyl sites for hydroxylation is 1. The van der Waals surface area contributed by atoms with Crippen LogP contribution in [0.3, 0.4) is 0 Å². The molecule has 0 spiro atoms. The molecule has 2 aromatic rings. The van der Waals surface area contributed by atoms with Crippen LogP contribution in [0.1, 0.15) is 21.1 Å². The molecule has 0 unspecified atom stereocenters. The second-order valence-electron chi connectivity index (χ2n) is 4.64. The lowest BCUT2D eigenvalue weighted by molar-refractivity contribution is 0.102. The first-order valence-electron chi connectivity index (χ1n) is 6.02. The molecule has 4 nitrogen and oxygen atoms in total. The maximum atomic E-state index is 11.9. The molecule has 0 saturated heterocycles. The number of carbonyl (C=O) groups is 1. The molecule has 2 rings (SSSR count). The van der Waals surface area contributed by atoms with Gasteiger partial charge in [0.15, 0.2) is 0 Å². The molecule has 0 aliphatic carbocycles. The number of hydrogen-bond donors (Lipinski definition) is 1. The fourth-order valence-corrected chi connectivity index (χ4v) is 2.31. The fraction of sp³-hybridized carbons (Fsp3) is 0.286. The SMILES string of the molecule is Cc1nc(C(=O)Nc2ccc(CN(C)C)cc2)cs1. The minimum atomic E-state index is -0.162. The Balaban J connectivity index is 2.01. The van der Waals surface area contributed by atoms with E-state index in [-0.39, 0.29) is 5.91 Å². The minimum Gasteiger partial charge on any atom is -0.321 e. The Hall–Kier alpha value is -1.72. The predicted molar refractivity (Wildman–Crippen MR) is 78.6 cm³/mol. The van der Waals surface area contributed by atoms with E-state index in [0.29, 0.717) is 5.69 Å². The van der Waals surface area contributed by atoms with Gasteiger partial charge < -0.3 is 10.2 Å². The number of nitrogens with zero attached hydrogens (tertiary/aromatic N) is 2. The predicted octanol–water partition coefficient (Wildman–Crippen LogP) is 2.77. The summed E-state index contributed by atoms with van der Waals surface area (Å²) in [6.07, 6.45) is 0. The zero-order valence-corrected chi connectivity index (χ0v) is 12.1. The molecule has 1 N–H and O–H groups in total. The van der Waals surface area contributed by atoms with Crippen molar-refractivity contribution in [2.24, 2.45) is 0 Å².